The molecule has 0 atom stereocenters. The predicted octanol–water partition coefficient (Wildman–Crippen LogP) is 1.19. The van der Waals surface area contributed by atoms with E-state index in [1.807, 2.05) is 0 Å². The second-order valence-corrected chi connectivity index (χ2v) is 3.10. The average Bonchev–Trinajstić information content (AvgIpc) is 2.64. The quantitative estimate of drug-likeness (QED) is 0.692. The van der Waals surface area contributed by atoms with Crippen molar-refractivity contribution in [2.75, 3.05) is 0 Å². The van der Waals surface area contributed by atoms with Crippen molar-refractivity contribution >= 4 is 5.78 Å². The minimum absolute atomic E-state index is 0.203. The normalized spacial score (nSPS) is 10.3. The van der Waals surface area contributed by atoms with Crippen molar-refractivity contribution in [3.8, 4) is 0 Å². The van der Waals surface area contributed by atoms with Gasteiger partial charge in [0.05, 0.1) is 6.20 Å². The summed E-state index contributed by atoms with van der Waals surface area (Å²) in [6.45, 7) is 0. The van der Waals surface area contributed by atoms with Crippen molar-refractivity contribution in [3.05, 3.63) is 47.8 Å². The monoisotopic (exact) mass is 205 g/mol. The van der Waals surface area contributed by atoms with Gasteiger partial charge in [-0.05, 0) is 12.1 Å². The fraction of sp³-hybridized carbons (Fsp3) is 0.100. The van der Waals surface area contributed by atoms with E-state index in [0.29, 0.717) is 0 Å². The summed E-state index contributed by atoms with van der Waals surface area (Å²) >= 11 is 0. The van der Waals surface area contributed by atoms with E-state index >= 15 is 0 Å². The Bertz CT molecular complexity index is 507. The van der Waals surface area contributed by atoms with Gasteiger partial charge in [-0.15, -0.1) is 0 Å². The highest BCUT2D eigenvalue weighted by Crippen LogP contribution is 2.07. The minimum Gasteiger partial charge on any atom is -0.287 e. The van der Waals surface area contributed by atoms with Crippen LogP contribution >= 0.6 is 0 Å². The minimum atomic E-state index is -0.531. The molecule has 2 aromatic heterocycles. The Morgan fingerprint density at radius 1 is 1.47 bits per heavy atom. The molecule has 0 aliphatic carbocycles. The number of nitrogens with zero attached hydrogens (tertiary/aromatic N) is 3. The molecule has 0 fully saturated rings. The van der Waals surface area contributed by atoms with Gasteiger partial charge in [-0.1, -0.05) is 0 Å². The molecule has 0 N–H and O–H groups in total. The fourth-order valence-corrected chi connectivity index (χ4v) is 1.22. The Hall–Kier alpha value is -2.04. The van der Waals surface area contributed by atoms with Crippen LogP contribution in [0.3, 0.4) is 0 Å². The van der Waals surface area contributed by atoms with Crippen LogP contribution in [-0.4, -0.2) is 20.5 Å². The smallest absolute Gasteiger partial charge is 0.214 e. The highest BCUT2D eigenvalue weighted by atomic mass is 19.1. The number of pyridine rings is 1. The maximum absolute atomic E-state index is 12.8. The largest absolute Gasteiger partial charge is 0.287 e. The first-order valence-corrected chi connectivity index (χ1v) is 4.32. The number of carbonyl (C=O) groups is 1. The highest BCUT2D eigenvalue weighted by molar-refractivity contribution is 6.07. The second-order valence-electron chi connectivity index (χ2n) is 3.10. The van der Waals surface area contributed by atoms with E-state index in [4.69, 9.17) is 0 Å². The third-order valence-electron chi connectivity index (χ3n) is 1.91. The molecular formula is C10H8FN3O. The van der Waals surface area contributed by atoms with Crippen molar-refractivity contribution in [2.45, 2.75) is 0 Å². The summed E-state index contributed by atoms with van der Waals surface area (Å²) in [5.41, 5.74) is 0.485. The lowest BCUT2D eigenvalue weighted by Crippen LogP contribution is -2.04. The van der Waals surface area contributed by atoms with Crippen molar-refractivity contribution in [1.82, 2.24) is 14.8 Å². The molecule has 2 heterocycles. The van der Waals surface area contributed by atoms with Gasteiger partial charge in [0, 0.05) is 25.0 Å². The standard InChI is InChI=1S/C10H8FN3O/c1-14-3-2-9(13-14)10(15)7-4-8(11)6-12-5-7/h2-6H,1H3. The molecule has 0 bridgehead atoms. The number of rotatable bonds is 2. The van der Waals surface area contributed by atoms with E-state index < -0.39 is 5.82 Å². The van der Waals surface area contributed by atoms with Crippen molar-refractivity contribution in [3.63, 3.8) is 0 Å². The molecule has 0 spiro atoms. The SMILES string of the molecule is Cn1ccc(C(=O)c2cncc(F)c2)n1. The lowest BCUT2D eigenvalue weighted by molar-refractivity contribution is 0.103. The number of hydrogen-bond acceptors (Lipinski definition) is 3. The van der Waals surface area contributed by atoms with E-state index in [0.717, 1.165) is 12.3 Å². The van der Waals surface area contributed by atoms with Crippen molar-refractivity contribution in [2.24, 2.45) is 7.05 Å². The van der Waals surface area contributed by atoms with E-state index in [9.17, 15) is 9.18 Å². The molecule has 0 saturated heterocycles. The van der Waals surface area contributed by atoms with Crippen LogP contribution < -0.4 is 0 Å². The Balaban J connectivity index is 2.36. The summed E-state index contributed by atoms with van der Waals surface area (Å²) in [6, 6.07) is 2.72. The number of aromatic nitrogens is 3. The van der Waals surface area contributed by atoms with Gasteiger partial charge in [0.1, 0.15) is 11.5 Å². The molecule has 0 radical (unpaired) electrons. The summed E-state index contributed by atoms with van der Waals surface area (Å²) in [7, 11) is 1.71. The third-order valence-corrected chi connectivity index (χ3v) is 1.91. The van der Waals surface area contributed by atoms with Crippen molar-refractivity contribution in [1.29, 1.82) is 0 Å². The Morgan fingerprint density at radius 3 is 2.87 bits per heavy atom. The maximum atomic E-state index is 12.8. The first kappa shape index (κ1) is 9.51. The molecule has 0 unspecified atom stereocenters. The summed E-state index contributed by atoms with van der Waals surface area (Å²) < 4.78 is 14.3. The first-order valence-electron chi connectivity index (χ1n) is 4.32. The Labute approximate surface area is 85.4 Å². The molecule has 2 rings (SSSR count). The van der Waals surface area contributed by atoms with Crippen LogP contribution in [0.1, 0.15) is 16.1 Å². The van der Waals surface area contributed by atoms with Gasteiger partial charge in [-0.2, -0.15) is 5.10 Å². The number of ketones is 1. The summed E-state index contributed by atoms with van der Waals surface area (Å²) in [5.74, 6) is -0.862. The summed E-state index contributed by atoms with van der Waals surface area (Å²) in [5, 5.41) is 3.93. The average molecular weight is 205 g/mol. The zero-order chi connectivity index (χ0) is 10.8. The van der Waals surface area contributed by atoms with E-state index in [2.05, 4.69) is 10.1 Å². The Morgan fingerprint density at radius 2 is 2.27 bits per heavy atom. The van der Waals surface area contributed by atoms with Crippen LogP contribution in [-0.2, 0) is 7.05 Å². The number of aryl methyl sites for hydroxylation is 1. The second kappa shape index (κ2) is 3.61. The van der Waals surface area contributed by atoms with Crippen LogP contribution in [0.4, 0.5) is 4.39 Å². The van der Waals surface area contributed by atoms with Gasteiger partial charge >= 0.3 is 0 Å². The molecule has 0 aromatic carbocycles. The van der Waals surface area contributed by atoms with Crippen molar-refractivity contribution < 1.29 is 9.18 Å². The molecular weight excluding hydrogens is 197 g/mol. The van der Waals surface area contributed by atoms with E-state index in [-0.39, 0.29) is 17.0 Å². The molecule has 2 aromatic rings. The van der Waals surface area contributed by atoms with Crippen LogP contribution in [0.15, 0.2) is 30.7 Å². The lowest BCUT2D eigenvalue weighted by Gasteiger charge is -1.96. The van der Waals surface area contributed by atoms with Gasteiger partial charge in [-0.3, -0.25) is 14.5 Å². The number of hydrogen-bond donors (Lipinski definition) is 0. The topological polar surface area (TPSA) is 47.8 Å². The highest BCUT2D eigenvalue weighted by Gasteiger charge is 2.12. The molecule has 15 heavy (non-hydrogen) atoms. The zero-order valence-electron chi connectivity index (χ0n) is 8.01. The first-order chi connectivity index (χ1) is 7.16. The molecule has 0 amide bonds. The fourth-order valence-electron chi connectivity index (χ4n) is 1.22. The van der Waals surface area contributed by atoms with Gasteiger partial charge in [0.15, 0.2) is 0 Å². The maximum Gasteiger partial charge on any atom is 0.214 e. The Kier molecular flexibility index (Phi) is 2.29. The predicted molar refractivity (Wildman–Crippen MR) is 50.8 cm³/mol. The number of carbonyl (C=O) groups excluding carboxylic acids is 1. The van der Waals surface area contributed by atoms with Gasteiger partial charge in [-0.25, -0.2) is 4.39 Å². The van der Waals surface area contributed by atoms with Crippen LogP contribution in [0.5, 0.6) is 0 Å². The molecule has 4 nitrogen and oxygen atoms in total. The molecule has 5 heteroatoms. The third kappa shape index (κ3) is 1.90. The van der Waals surface area contributed by atoms with E-state index in [1.165, 1.54) is 10.9 Å². The van der Waals surface area contributed by atoms with Gasteiger partial charge < -0.3 is 0 Å². The van der Waals surface area contributed by atoms with E-state index in [1.54, 1.807) is 19.3 Å². The zero-order valence-corrected chi connectivity index (χ0v) is 8.01. The molecule has 76 valence electrons. The molecule has 0 aliphatic rings. The van der Waals surface area contributed by atoms with Crippen LogP contribution in [0.25, 0.3) is 0 Å². The summed E-state index contributed by atoms with van der Waals surface area (Å²) in [6.07, 6.45) is 4.02. The number of halogens is 1. The van der Waals surface area contributed by atoms with Gasteiger partial charge in [0.2, 0.25) is 5.78 Å². The van der Waals surface area contributed by atoms with Crippen LogP contribution in [0.2, 0.25) is 0 Å². The van der Waals surface area contributed by atoms with Crippen LogP contribution in [0, 0.1) is 5.82 Å². The summed E-state index contributed by atoms with van der Waals surface area (Å²) in [4.78, 5) is 15.3. The van der Waals surface area contributed by atoms with Gasteiger partial charge in [0.25, 0.3) is 0 Å². The molecule has 0 aliphatic heterocycles. The molecule has 0 saturated carbocycles. The lowest BCUT2D eigenvalue weighted by atomic mass is 10.1.